The molecule has 4 aliphatic heterocycles. The third-order valence-corrected chi connectivity index (χ3v) is 17.2. The Kier molecular flexibility index (Phi) is 14.0. The van der Waals surface area contributed by atoms with E-state index in [1.165, 1.54) is 11.0 Å². The predicted octanol–water partition coefficient (Wildman–Crippen LogP) is 8.85. The highest BCUT2D eigenvalue weighted by atomic mass is 19.1. The number of carbonyl (C=O) groups is 2. The van der Waals surface area contributed by atoms with Crippen LogP contribution in [0.15, 0.2) is 91.5 Å². The van der Waals surface area contributed by atoms with Crippen molar-refractivity contribution in [2.75, 3.05) is 37.7 Å². The van der Waals surface area contributed by atoms with Crippen LogP contribution >= 0.6 is 0 Å². The SMILES string of the molecule is Cc1ccncc1-c1ccc([C@H](C)NC(=O)[C@@H]2C[C@@H](O)CN2C(=O)[C@H](C(C)C)n2cc(-c3ccc(COc4c(-c5c(C)c(F)cc6[nH]ncc56)c(C5CC5)cc5c(N6C[C@@H]7C[C@H]6CN7)nc(OC6CCOCC6)nc45)cc3)nn2)cc1. The highest BCUT2D eigenvalue weighted by Crippen LogP contribution is 2.53. The summed E-state index contributed by atoms with van der Waals surface area (Å²) in [5, 5.41) is 35.8. The molecule has 18 nitrogen and oxygen atoms in total. The van der Waals surface area contributed by atoms with Crippen molar-refractivity contribution >= 4 is 39.4 Å². The van der Waals surface area contributed by atoms with Gasteiger partial charge in [0, 0.05) is 96.4 Å². The monoisotopic (exact) mass is 1090 g/mol. The number of benzene rings is 4. The number of aryl methyl sites for hydroxylation is 1. The Morgan fingerprint density at radius 1 is 0.914 bits per heavy atom. The number of amides is 2. The zero-order chi connectivity index (χ0) is 55.6. The molecule has 4 aromatic carbocycles. The van der Waals surface area contributed by atoms with E-state index in [0.29, 0.717) is 47.3 Å². The summed E-state index contributed by atoms with van der Waals surface area (Å²) in [6.07, 6.45) is 10.7. The van der Waals surface area contributed by atoms with E-state index in [-0.39, 0.29) is 73.2 Å². The molecule has 4 saturated heterocycles. The number of nitrogens with zero attached hydrogens (tertiary/aromatic N) is 9. The maximum atomic E-state index is 16.2. The number of pyridine rings is 1. The molecule has 0 spiro atoms. The number of hydrogen-bond donors (Lipinski definition) is 4. The van der Waals surface area contributed by atoms with E-state index in [0.717, 1.165) is 112 Å². The largest absolute Gasteiger partial charge is 0.486 e. The molecule has 1 saturated carbocycles. The highest BCUT2D eigenvalue weighted by molar-refractivity contribution is 6.06. The summed E-state index contributed by atoms with van der Waals surface area (Å²) in [7, 11) is 0. The van der Waals surface area contributed by atoms with Crippen LogP contribution < -0.4 is 25.0 Å². The van der Waals surface area contributed by atoms with E-state index >= 15 is 4.39 Å². The van der Waals surface area contributed by atoms with Gasteiger partial charge in [-0.25, -0.2) is 9.07 Å². The third kappa shape index (κ3) is 10.1. The molecule has 2 amide bonds. The molecule has 8 aromatic rings. The van der Waals surface area contributed by atoms with Gasteiger partial charge in [0.25, 0.3) is 0 Å². The number of halogens is 1. The van der Waals surface area contributed by atoms with Gasteiger partial charge in [-0.2, -0.15) is 15.1 Å². The number of piperazine rings is 1. The van der Waals surface area contributed by atoms with Crippen LogP contribution in [0, 0.1) is 25.6 Å². The topological polar surface area (TPSA) is 211 Å². The van der Waals surface area contributed by atoms with Crippen LogP contribution in [-0.2, 0) is 20.9 Å². The van der Waals surface area contributed by atoms with E-state index in [4.69, 9.17) is 24.2 Å². The standard InChI is InChI=1S/C62H67FN12O6/c1-33(2)57(61(78)74-30-44(76)23-53(74)60(77)67-36(5)38-10-12-40(13-11-38)48-27-64-19-16-34(48)3)75-31-52(71-72-75)41-8-6-37(7-9-41)32-80-58-55(54-35(4)50(63)25-51-49(54)28-66-70-51)46(39-14-15-39)24-47-56(58)68-62(81-45-17-20-79-21-18-45)69-59(47)73-29-42-22-43(73)26-65-42/h6-13,16,19,24-25,27-28,31,33,36,39,42-45,53,57,65,76H,14-15,17-18,20-23,26,29-30,32H2,1-5H3,(H,66,70)(H,67,77)/t36-,42-,43-,44+,53-,57-/m0/s1. The van der Waals surface area contributed by atoms with Gasteiger partial charge in [0.2, 0.25) is 11.8 Å². The Labute approximate surface area is 468 Å². The summed E-state index contributed by atoms with van der Waals surface area (Å²) < 4.78 is 37.2. The first-order valence-corrected chi connectivity index (χ1v) is 28.5. The minimum absolute atomic E-state index is 0.0207. The molecule has 81 heavy (non-hydrogen) atoms. The fourth-order valence-electron chi connectivity index (χ4n) is 12.6. The Balaban J connectivity index is 0.780. The molecule has 19 heteroatoms. The second kappa shape index (κ2) is 21.6. The average molecular weight is 1100 g/mol. The zero-order valence-electron chi connectivity index (χ0n) is 46.2. The van der Waals surface area contributed by atoms with Crippen LogP contribution in [0.25, 0.3) is 55.3 Å². The Bertz CT molecular complexity index is 3670. The van der Waals surface area contributed by atoms with Crippen LogP contribution in [0.4, 0.5) is 10.2 Å². The van der Waals surface area contributed by atoms with Crippen LogP contribution in [0.1, 0.15) is 105 Å². The van der Waals surface area contributed by atoms with E-state index in [1.807, 2.05) is 95.4 Å². The number of nitrogens with one attached hydrogen (secondary N) is 3. The van der Waals surface area contributed by atoms with Crippen LogP contribution in [0.3, 0.4) is 0 Å². The van der Waals surface area contributed by atoms with Gasteiger partial charge in [-0.15, -0.1) is 5.10 Å². The number of H-pyrrole nitrogens is 1. The normalized spacial score (nSPS) is 20.9. The lowest BCUT2D eigenvalue weighted by molar-refractivity contribution is -0.142. The lowest BCUT2D eigenvalue weighted by Gasteiger charge is -2.31. The number of carbonyl (C=O) groups excluding carboxylic acids is 2. The average Bonchev–Trinajstić information content (AvgIpc) is 3.89. The van der Waals surface area contributed by atoms with Gasteiger partial charge in [0.05, 0.1) is 43.3 Å². The molecule has 0 radical (unpaired) electrons. The number of aliphatic hydroxyl groups excluding tert-OH is 1. The molecule has 418 valence electrons. The van der Waals surface area contributed by atoms with Gasteiger partial charge in [-0.1, -0.05) is 67.6 Å². The summed E-state index contributed by atoms with van der Waals surface area (Å²) >= 11 is 0. The highest BCUT2D eigenvalue weighted by Gasteiger charge is 2.44. The molecule has 1 aliphatic carbocycles. The number of ether oxygens (including phenoxy) is 3. The van der Waals surface area contributed by atoms with Gasteiger partial charge in [-0.3, -0.25) is 19.7 Å². The number of aromatic amines is 1. The first-order chi connectivity index (χ1) is 39.3. The van der Waals surface area contributed by atoms with Crippen LogP contribution in [0.2, 0.25) is 0 Å². The number of hydrogen-bond acceptors (Lipinski definition) is 14. The fraction of sp³-hybridized carbons (Fsp3) is 0.419. The molecule has 6 atom stereocenters. The summed E-state index contributed by atoms with van der Waals surface area (Å²) in [5.74, 6) is 0.348. The van der Waals surface area contributed by atoms with Crippen LogP contribution in [0.5, 0.6) is 11.8 Å². The van der Waals surface area contributed by atoms with E-state index in [1.54, 1.807) is 23.3 Å². The summed E-state index contributed by atoms with van der Waals surface area (Å²) in [5.41, 5.74) is 10.5. The molecule has 8 heterocycles. The van der Waals surface area contributed by atoms with E-state index in [2.05, 4.69) is 47.1 Å². The van der Waals surface area contributed by atoms with Crippen molar-refractivity contribution in [1.29, 1.82) is 0 Å². The van der Waals surface area contributed by atoms with Crippen molar-refractivity contribution in [3.63, 3.8) is 0 Å². The quantitative estimate of drug-likeness (QED) is 0.0713. The predicted molar refractivity (Wildman–Crippen MR) is 304 cm³/mol. The summed E-state index contributed by atoms with van der Waals surface area (Å²) in [6.45, 7) is 12.7. The molecule has 5 aliphatic rings. The lowest BCUT2D eigenvalue weighted by atomic mass is 9.88. The minimum atomic E-state index is -0.874. The van der Waals surface area contributed by atoms with Crippen LogP contribution in [-0.4, -0.2) is 125 Å². The molecule has 13 rings (SSSR count). The summed E-state index contributed by atoms with van der Waals surface area (Å²) in [4.78, 5) is 47.3. The van der Waals surface area contributed by atoms with Gasteiger partial charge in [0.1, 0.15) is 47.6 Å². The number of rotatable bonds is 16. The van der Waals surface area contributed by atoms with Crippen molar-refractivity contribution < 1.29 is 33.3 Å². The number of aromatic nitrogens is 8. The number of likely N-dealkylation sites (tertiary alicyclic amines) is 1. The Morgan fingerprint density at radius 2 is 1.70 bits per heavy atom. The van der Waals surface area contributed by atoms with Gasteiger partial charge in [-0.05, 0) is 103 Å². The van der Waals surface area contributed by atoms with E-state index in [9.17, 15) is 14.7 Å². The number of aliphatic hydroxyl groups is 1. The van der Waals surface area contributed by atoms with Gasteiger partial charge >= 0.3 is 6.01 Å². The molecular weight excluding hydrogens is 1030 g/mol. The molecule has 2 bridgehead atoms. The number of fused-ring (bicyclic) bond motifs is 4. The number of anilines is 1. The van der Waals surface area contributed by atoms with Crippen molar-refractivity contribution in [2.24, 2.45) is 5.92 Å². The second-order valence-electron chi connectivity index (χ2n) is 23.1. The molecule has 0 unspecified atom stereocenters. The lowest BCUT2D eigenvalue weighted by Crippen LogP contribution is -2.49. The second-order valence-corrected chi connectivity index (χ2v) is 23.1. The first kappa shape index (κ1) is 52.5. The van der Waals surface area contributed by atoms with Crippen molar-refractivity contribution in [3.8, 4) is 45.3 Å². The van der Waals surface area contributed by atoms with Crippen molar-refractivity contribution in [3.05, 3.63) is 125 Å². The van der Waals surface area contributed by atoms with Crippen molar-refractivity contribution in [1.82, 2.24) is 55.7 Å². The van der Waals surface area contributed by atoms with Gasteiger partial charge < -0.3 is 39.8 Å². The fourth-order valence-corrected chi connectivity index (χ4v) is 12.6. The number of β-amino-alcohol motifs (C(OH)–C–C–N with tert-alkyl or cyclic N) is 1. The van der Waals surface area contributed by atoms with E-state index < -0.39 is 18.2 Å². The molecule has 5 fully saturated rings. The Hall–Kier alpha value is -7.87. The first-order valence-electron chi connectivity index (χ1n) is 28.5. The maximum absolute atomic E-state index is 16.2. The Morgan fingerprint density at radius 3 is 2.43 bits per heavy atom. The van der Waals surface area contributed by atoms with Gasteiger partial charge in [0.15, 0.2) is 5.75 Å². The van der Waals surface area contributed by atoms with Crippen molar-refractivity contribution in [2.45, 2.75) is 128 Å². The zero-order valence-corrected chi connectivity index (χ0v) is 46.2. The molecular formula is C62H67FN12O6. The summed E-state index contributed by atoms with van der Waals surface area (Å²) in [6, 6.07) is 20.5. The third-order valence-electron chi connectivity index (χ3n) is 17.2. The maximum Gasteiger partial charge on any atom is 0.319 e. The minimum Gasteiger partial charge on any atom is -0.486 e. The smallest absolute Gasteiger partial charge is 0.319 e. The molecule has 4 N–H and O–H groups in total. The molecule has 4 aromatic heterocycles.